The number of hydrogen-bond donors (Lipinski definition) is 1. The van der Waals surface area contributed by atoms with Gasteiger partial charge in [0, 0.05) is 5.56 Å². The number of rotatable bonds is 7. The van der Waals surface area contributed by atoms with Gasteiger partial charge in [0.05, 0.1) is 12.7 Å². The van der Waals surface area contributed by atoms with Gasteiger partial charge in [0.1, 0.15) is 6.61 Å². The number of benzene rings is 3. The van der Waals surface area contributed by atoms with E-state index in [1.807, 2.05) is 0 Å². The Labute approximate surface area is 196 Å². The summed E-state index contributed by atoms with van der Waals surface area (Å²) in [5.74, 6) is -4.52. The topological polar surface area (TPSA) is 38.7 Å². The largest absolute Gasteiger partial charge is 0.491 e. The minimum absolute atomic E-state index is 0.0338. The average Bonchev–Trinajstić information content (AvgIpc) is 2.84. The summed E-state index contributed by atoms with van der Waals surface area (Å²) in [5.41, 5.74) is 1.63. The molecule has 34 heavy (non-hydrogen) atoms. The molecule has 4 rings (SSSR count). The lowest BCUT2D eigenvalue weighted by Crippen LogP contribution is -2.18. The predicted molar refractivity (Wildman–Crippen MR) is 121 cm³/mol. The van der Waals surface area contributed by atoms with E-state index in [4.69, 9.17) is 9.47 Å². The SMILES string of the molecule is CCOc1ccc(OCc2ccc(-c3ccc(C4CCC(O)CC4)c(F)c3F)cc2)c(F)c1F. The van der Waals surface area contributed by atoms with Crippen molar-refractivity contribution in [2.45, 2.75) is 51.2 Å². The van der Waals surface area contributed by atoms with Crippen molar-refractivity contribution in [1.82, 2.24) is 0 Å². The van der Waals surface area contributed by atoms with E-state index in [1.165, 1.54) is 12.1 Å². The Hall–Kier alpha value is -3.06. The molecule has 0 radical (unpaired) electrons. The van der Waals surface area contributed by atoms with Crippen molar-refractivity contribution in [1.29, 1.82) is 0 Å². The molecular weight excluding hydrogens is 448 g/mol. The molecule has 0 aromatic heterocycles. The smallest absolute Gasteiger partial charge is 0.204 e. The molecule has 1 N–H and O–H groups in total. The number of aliphatic hydroxyl groups is 1. The lowest BCUT2D eigenvalue weighted by molar-refractivity contribution is 0.122. The zero-order valence-electron chi connectivity index (χ0n) is 18.8. The average molecular weight is 474 g/mol. The molecule has 3 aromatic carbocycles. The van der Waals surface area contributed by atoms with Gasteiger partial charge < -0.3 is 14.6 Å². The van der Waals surface area contributed by atoms with Gasteiger partial charge in [0.25, 0.3) is 0 Å². The Kier molecular flexibility index (Phi) is 7.41. The molecule has 3 nitrogen and oxygen atoms in total. The van der Waals surface area contributed by atoms with Crippen LogP contribution in [0, 0.1) is 23.3 Å². The first-order valence-corrected chi connectivity index (χ1v) is 11.4. The fourth-order valence-electron chi connectivity index (χ4n) is 4.32. The molecule has 0 unspecified atom stereocenters. The number of aliphatic hydroxyl groups excluding tert-OH is 1. The molecule has 0 atom stereocenters. The summed E-state index contributed by atoms with van der Waals surface area (Å²) in [4.78, 5) is 0. The highest BCUT2D eigenvalue weighted by Crippen LogP contribution is 2.37. The second-order valence-electron chi connectivity index (χ2n) is 8.44. The Morgan fingerprint density at radius 3 is 1.97 bits per heavy atom. The van der Waals surface area contributed by atoms with E-state index >= 15 is 0 Å². The normalized spacial score (nSPS) is 18.1. The maximum absolute atomic E-state index is 14.9. The van der Waals surface area contributed by atoms with Crippen LogP contribution < -0.4 is 9.47 Å². The Morgan fingerprint density at radius 1 is 0.735 bits per heavy atom. The maximum atomic E-state index is 14.9. The Morgan fingerprint density at radius 2 is 1.35 bits per heavy atom. The molecule has 180 valence electrons. The molecule has 1 aliphatic rings. The molecule has 1 fully saturated rings. The summed E-state index contributed by atoms with van der Waals surface area (Å²) in [6, 6.07) is 12.4. The van der Waals surface area contributed by atoms with Crippen LogP contribution in [0.1, 0.15) is 49.7 Å². The Balaban J connectivity index is 1.46. The molecule has 1 saturated carbocycles. The van der Waals surface area contributed by atoms with Crippen LogP contribution in [0.15, 0.2) is 48.5 Å². The van der Waals surface area contributed by atoms with E-state index in [-0.39, 0.29) is 42.3 Å². The van der Waals surface area contributed by atoms with E-state index in [9.17, 15) is 22.7 Å². The zero-order chi connectivity index (χ0) is 24.2. The fraction of sp³-hybridized carbons (Fsp3) is 0.333. The number of ether oxygens (including phenoxy) is 2. The van der Waals surface area contributed by atoms with E-state index in [2.05, 4.69) is 0 Å². The molecule has 0 amide bonds. The lowest BCUT2D eigenvalue weighted by atomic mass is 9.82. The van der Waals surface area contributed by atoms with Crippen molar-refractivity contribution in [3.05, 3.63) is 82.9 Å². The molecule has 0 spiro atoms. The highest BCUT2D eigenvalue weighted by atomic mass is 19.2. The van der Waals surface area contributed by atoms with E-state index < -0.39 is 23.3 Å². The van der Waals surface area contributed by atoms with Gasteiger partial charge in [-0.05, 0) is 67.3 Å². The lowest BCUT2D eigenvalue weighted by Gasteiger charge is -2.26. The molecule has 1 aliphatic carbocycles. The predicted octanol–water partition coefficient (Wildman–Crippen LogP) is 6.91. The molecule has 7 heteroatoms. The number of hydrogen-bond acceptors (Lipinski definition) is 3. The van der Waals surface area contributed by atoms with E-state index in [0.29, 0.717) is 42.4 Å². The molecule has 0 heterocycles. The first kappa shape index (κ1) is 24.1. The fourth-order valence-corrected chi connectivity index (χ4v) is 4.32. The summed E-state index contributed by atoms with van der Waals surface area (Å²) in [5, 5.41) is 9.66. The molecule has 0 saturated heterocycles. The van der Waals surface area contributed by atoms with Crippen LogP contribution in [-0.4, -0.2) is 17.8 Å². The van der Waals surface area contributed by atoms with Crippen molar-refractivity contribution in [2.75, 3.05) is 6.61 Å². The quantitative estimate of drug-likeness (QED) is 0.378. The second-order valence-corrected chi connectivity index (χ2v) is 8.44. The molecule has 0 aliphatic heterocycles. The van der Waals surface area contributed by atoms with Crippen molar-refractivity contribution in [3.63, 3.8) is 0 Å². The first-order valence-electron chi connectivity index (χ1n) is 11.4. The van der Waals surface area contributed by atoms with Crippen molar-refractivity contribution in [2.24, 2.45) is 0 Å². The van der Waals surface area contributed by atoms with Crippen LogP contribution in [-0.2, 0) is 6.61 Å². The van der Waals surface area contributed by atoms with Gasteiger partial charge in [-0.1, -0.05) is 36.4 Å². The van der Waals surface area contributed by atoms with Gasteiger partial charge in [0.2, 0.25) is 11.6 Å². The molecule has 3 aromatic rings. The van der Waals surface area contributed by atoms with Crippen LogP contribution in [0.3, 0.4) is 0 Å². The summed E-state index contributed by atoms with van der Waals surface area (Å²) in [7, 11) is 0. The van der Waals surface area contributed by atoms with Crippen LogP contribution in [0.25, 0.3) is 11.1 Å². The minimum Gasteiger partial charge on any atom is -0.491 e. The molecular formula is C27H26F4O3. The van der Waals surface area contributed by atoms with Gasteiger partial charge in [-0.2, -0.15) is 8.78 Å². The van der Waals surface area contributed by atoms with Crippen LogP contribution in [0.2, 0.25) is 0 Å². The summed E-state index contributed by atoms with van der Waals surface area (Å²) < 4.78 is 68.3. The van der Waals surface area contributed by atoms with Crippen molar-refractivity contribution < 1.29 is 32.1 Å². The third-order valence-corrected chi connectivity index (χ3v) is 6.22. The van der Waals surface area contributed by atoms with Gasteiger partial charge in [-0.3, -0.25) is 0 Å². The van der Waals surface area contributed by atoms with Gasteiger partial charge in [0.15, 0.2) is 23.1 Å². The van der Waals surface area contributed by atoms with Gasteiger partial charge in [-0.15, -0.1) is 0 Å². The summed E-state index contributed by atoms with van der Waals surface area (Å²) in [6.07, 6.45) is 2.07. The van der Waals surface area contributed by atoms with Gasteiger partial charge >= 0.3 is 0 Å². The second kappa shape index (κ2) is 10.5. The van der Waals surface area contributed by atoms with Crippen LogP contribution in [0.5, 0.6) is 11.5 Å². The summed E-state index contributed by atoms with van der Waals surface area (Å²) >= 11 is 0. The summed E-state index contributed by atoms with van der Waals surface area (Å²) in [6.45, 7) is 1.84. The van der Waals surface area contributed by atoms with Crippen molar-refractivity contribution >= 4 is 0 Å². The highest BCUT2D eigenvalue weighted by molar-refractivity contribution is 5.65. The standard InChI is InChI=1S/C27H26F4O3/c1-2-33-22-13-14-23(27(31)26(22)30)34-15-16-3-5-17(6-4-16)20-11-12-21(25(29)24(20)28)18-7-9-19(32)10-8-18/h3-6,11-14,18-19,32H,2,7-10,15H2,1H3. The van der Waals surface area contributed by atoms with Crippen molar-refractivity contribution in [3.8, 4) is 22.6 Å². The third kappa shape index (κ3) is 5.04. The minimum atomic E-state index is -1.13. The van der Waals surface area contributed by atoms with E-state index in [0.717, 1.165) is 0 Å². The Bertz CT molecular complexity index is 1140. The maximum Gasteiger partial charge on any atom is 0.204 e. The zero-order valence-corrected chi connectivity index (χ0v) is 18.8. The van der Waals surface area contributed by atoms with Crippen LogP contribution >= 0.6 is 0 Å². The first-order chi connectivity index (χ1) is 16.4. The van der Waals surface area contributed by atoms with Gasteiger partial charge in [-0.25, -0.2) is 8.78 Å². The molecule has 0 bridgehead atoms. The van der Waals surface area contributed by atoms with Crippen LogP contribution in [0.4, 0.5) is 17.6 Å². The number of halogens is 4. The third-order valence-electron chi connectivity index (χ3n) is 6.22. The highest BCUT2D eigenvalue weighted by Gasteiger charge is 2.25. The van der Waals surface area contributed by atoms with E-state index in [1.54, 1.807) is 43.3 Å². The monoisotopic (exact) mass is 474 g/mol.